The summed E-state index contributed by atoms with van der Waals surface area (Å²) in [6, 6.07) is 18.3. The van der Waals surface area contributed by atoms with Crippen molar-refractivity contribution in [3.8, 4) is 5.69 Å². The number of aryl methyl sites for hydroxylation is 2. The lowest BCUT2D eigenvalue weighted by Crippen LogP contribution is -2.26. The van der Waals surface area contributed by atoms with Crippen molar-refractivity contribution in [3.05, 3.63) is 92.6 Å². The number of rotatable bonds is 5. The van der Waals surface area contributed by atoms with Gasteiger partial charge in [-0.3, -0.25) is 14.2 Å². The molecule has 8 nitrogen and oxygen atoms in total. The third kappa shape index (κ3) is 4.50. The van der Waals surface area contributed by atoms with Gasteiger partial charge < -0.3 is 15.3 Å². The summed E-state index contributed by atoms with van der Waals surface area (Å²) in [6.45, 7) is 5.73. The Kier molecular flexibility index (Phi) is 5.78. The summed E-state index contributed by atoms with van der Waals surface area (Å²) in [5, 5.41) is 3.28. The van der Waals surface area contributed by atoms with Gasteiger partial charge in [0.25, 0.3) is 5.56 Å². The van der Waals surface area contributed by atoms with E-state index in [1.54, 1.807) is 41.8 Å². The minimum atomic E-state index is -0.554. The van der Waals surface area contributed by atoms with E-state index >= 15 is 0 Å². The molecule has 5 rings (SSSR count). The number of aromatic nitrogens is 4. The number of hydrogen-bond donors (Lipinski definition) is 3. The van der Waals surface area contributed by atoms with Gasteiger partial charge in [-0.15, -0.1) is 0 Å². The van der Waals surface area contributed by atoms with Crippen molar-refractivity contribution in [1.82, 2.24) is 19.5 Å². The van der Waals surface area contributed by atoms with E-state index in [-0.39, 0.29) is 17.2 Å². The van der Waals surface area contributed by atoms with E-state index in [0.29, 0.717) is 38.5 Å². The molecule has 0 radical (unpaired) electrons. The second-order valence-electron chi connectivity index (χ2n) is 8.49. The molecule has 3 N–H and O–H groups in total. The minimum absolute atomic E-state index is 0.183. The number of nitrogens with one attached hydrogen (secondary N) is 3. The number of anilines is 1. The Morgan fingerprint density at radius 2 is 1.69 bits per heavy atom. The number of para-hydroxylation sites is 1. The molecule has 1 atom stereocenters. The van der Waals surface area contributed by atoms with E-state index in [0.717, 1.165) is 11.1 Å². The Balaban J connectivity index is 1.51. The number of imidazole rings is 1. The number of hydrogen-bond acceptors (Lipinski definition) is 5. The standard InChI is InChI=1S/C26H23N5O3S/c1-14-10-15(2)12-18(11-14)31-24(33)19-6-4-5-7-20(19)30-26(31)35-16(3)23(32)27-17-8-9-21-22(13-17)29-25(34)28-21/h4-13,16H,1-3H3,(H,27,32)(H2,28,29,34). The van der Waals surface area contributed by atoms with Gasteiger partial charge in [0.05, 0.1) is 32.9 Å². The highest BCUT2D eigenvalue weighted by Gasteiger charge is 2.21. The van der Waals surface area contributed by atoms with Crippen LogP contribution in [0.25, 0.3) is 27.6 Å². The number of thioether (sulfide) groups is 1. The molecule has 2 aromatic heterocycles. The zero-order chi connectivity index (χ0) is 24.7. The van der Waals surface area contributed by atoms with Crippen LogP contribution in [0.5, 0.6) is 0 Å². The molecular weight excluding hydrogens is 462 g/mol. The first kappa shape index (κ1) is 22.7. The zero-order valence-corrected chi connectivity index (χ0v) is 20.2. The average molecular weight is 486 g/mol. The summed E-state index contributed by atoms with van der Waals surface area (Å²) < 4.78 is 1.58. The quantitative estimate of drug-likeness (QED) is 0.254. The van der Waals surface area contributed by atoms with E-state index in [1.165, 1.54) is 11.8 Å². The molecule has 1 amide bonds. The van der Waals surface area contributed by atoms with Crippen molar-refractivity contribution in [1.29, 1.82) is 0 Å². The first-order chi connectivity index (χ1) is 16.8. The second-order valence-corrected chi connectivity index (χ2v) is 9.79. The van der Waals surface area contributed by atoms with Crippen LogP contribution in [0.3, 0.4) is 0 Å². The molecular formula is C26H23N5O3S. The molecule has 35 heavy (non-hydrogen) atoms. The lowest BCUT2D eigenvalue weighted by atomic mass is 10.1. The van der Waals surface area contributed by atoms with E-state index in [4.69, 9.17) is 4.98 Å². The Bertz CT molecular complexity index is 1700. The number of carbonyl (C=O) groups is 1. The topological polar surface area (TPSA) is 113 Å². The molecule has 0 aliphatic heterocycles. The normalized spacial score (nSPS) is 12.2. The fourth-order valence-corrected chi connectivity index (χ4v) is 4.99. The lowest BCUT2D eigenvalue weighted by molar-refractivity contribution is -0.115. The molecule has 0 aliphatic rings. The Labute approximate surface area is 204 Å². The van der Waals surface area contributed by atoms with Crippen LogP contribution in [0.4, 0.5) is 5.69 Å². The van der Waals surface area contributed by atoms with Gasteiger partial charge in [0, 0.05) is 5.69 Å². The molecule has 176 valence electrons. The number of benzene rings is 3. The Hall–Kier alpha value is -4.11. The molecule has 0 fully saturated rings. The fourth-order valence-electron chi connectivity index (χ4n) is 4.06. The number of aromatic amines is 2. The number of amides is 1. The highest BCUT2D eigenvalue weighted by Crippen LogP contribution is 2.27. The zero-order valence-electron chi connectivity index (χ0n) is 19.4. The highest BCUT2D eigenvalue weighted by molar-refractivity contribution is 8.00. The Morgan fingerprint density at radius 3 is 2.46 bits per heavy atom. The molecule has 0 spiro atoms. The summed E-state index contributed by atoms with van der Waals surface area (Å²) in [6.07, 6.45) is 0. The summed E-state index contributed by atoms with van der Waals surface area (Å²) in [5.41, 5.74) is 4.68. The molecule has 2 heterocycles. The lowest BCUT2D eigenvalue weighted by Gasteiger charge is -2.17. The first-order valence-electron chi connectivity index (χ1n) is 11.1. The van der Waals surface area contributed by atoms with Gasteiger partial charge in [-0.25, -0.2) is 9.78 Å². The van der Waals surface area contributed by atoms with E-state index < -0.39 is 5.25 Å². The maximum absolute atomic E-state index is 13.5. The highest BCUT2D eigenvalue weighted by atomic mass is 32.2. The third-order valence-corrected chi connectivity index (χ3v) is 6.70. The number of nitrogens with zero attached hydrogens (tertiary/aromatic N) is 2. The van der Waals surface area contributed by atoms with Gasteiger partial charge in [0.1, 0.15) is 0 Å². The largest absolute Gasteiger partial charge is 0.325 e. The van der Waals surface area contributed by atoms with Crippen molar-refractivity contribution in [2.45, 2.75) is 31.2 Å². The maximum Gasteiger partial charge on any atom is 0.323 e. The molecule has 0 saturated carbocycles. The van der Waals surface area contributed by atoms with Crippen molar-refractivity contribution < 1.29 is 4.79 Å². The number of H-pyrrole nitrogens is 2. The SMILES string of the molecule is Cc1cc(C)cc(-n2c(SC(C)C(=O)Nc3ccc4[nH]c(=O)[nH]c4c3)nc3ccccc3c2=O)c1. The molecule has 0 aliphatic carbocycles. The van der Waals surface area contributed by atoms with Gasteiger partial charge in [0.2, 0.25) is 5.91 Å². The minimum Gasteiger partial charge on any atom is -0.325 e. The summed E-state index contributed by atoms with van der Waals surface area (Å²) >= 11 is 1.22. The van der Waals surface area contributed by atoms with E-state index in [9.17, 15) is 14.4 Å². The van der Waals surface area contributed by atoms with Crippen molar-refractivity contribution in [2.24, 2.45) is 0 Å². The van der Waals surface area contributed by atoms with Crippen LogP contribution in [0, 0.1) is 13.8 Å². The molecule has 5 aromatic rings. The van der Waals surface area contributed by atoms with Crippen LogP contribution in [-0.4, -0.2) is 30.7 Å². The van der Waals surface area contributed by atoms with Crippen molar-refractivity contribution in [3.63, 3.8) is 0 Å². The Morgan fingerprint density at radius 1 is 0.971 bits per heavy atom. The predicted molar refractivity (Wildman–Crippen MR) is 140 cm³/mol. The third-order valence-electron chi connectivity index (χ3n) is 5.64. The van der Waals surface area contributed by atoms with Crippen LogP contribution < -0.4 is 16.6 Å². The van der Waals surface area contributed by atoms with Gasteiger partial charge in [-0.2, -0.15) is 0 Å². The van der Waals surface area contributed by atoms with Gasteiger partial charge in [-0.05, 0) is 74.4 Å². The fraction of sp³-hybridized carbons (Fsp3) is 0.154. The average Bonchev–Trinajstić information content (AvgIpc) is 3.17. The van der Waals surface area contributed by atoms with Crippen LogP contribution in [0.1, 0.15) is 18.1 Å². The van der Waals surface area contributed by atoms with Gasteiger partial charge in [0.15, 0.2) is 5.16 Å². The molecule has 3 aromatic carbocycles. The molecule has 0 bridgehead atoms. The second kappa shape index (κ2) is 8.92. The monoisotopic (exact) mass is 485 g/mol. The smallest absolute Gasteiger partial charge is 0.323 e. The van der Waals surface area contributed by atoms with Crippen LogP contribution >= 0.6 is 11.8 Å². The van der Waals surface area contributed by atoms with E-state index in [1.807, 2.05) is 44.2 Å². The number of carbonyl (C=O) groups excluding carboxylic acids is 1. The molecule has 1 unspecified atom stereocenters. The first-order valence-corrected chi connectivity index (χ1v) is 12.0. The summed E-state index contributed by atoms with van der Waals surface area (Å²) in [5.74, 6) is -0.249. The van der Waals surface area contributed by atoms with Gasteiger partial charge in [-0.1, -0.05) is 30.0 Å². The maximum atomic E-state index is 13.5. The summed E-state index contributed by atoms with van der Waals surface area (Å²) in [7, 11) is 0. The van der Waals surface area contributed by atoms with Crippen LogP contribution in [-0.2, 0) is 4.79 Å². The van der Waals surface area contributed by atoms with Crippen molar-refractivity contribution >= 4 is 45.3 Å². The van der Waals surface area contributed by atoms with E-state index in [2.05, 4.69) is 15.3 Å². The summed E-state index contributed by atoms with van der Waals surface area (Å²) in [4.78, 5) is 48.2. The van der Waals surface area contributed by atoms with Crippen LogP contribution in [0.2, 0.25) is 0 Å². The predicted octanol–water partition coefficient (Wildman–Crippen LogP) is 4.29. The van der Waals surface area contributed by atoms with Gasteiger partial charge >= 0.3 is 5.69 Å². The molecule has 0 saturated heterocycles. The molecule has 9 heteroatoms. The van der Waals surface area contributed by atoms with Crippen LogP contribution in [0.15, 0.2) is 75.4 Å². The van der Waals surface area contributed by atoms with Crippen molar-refractivity contribution in [2.75, 3.05) is 5.32 Å². The number of fused-ring (bicyclic) bond motifs is 2.